The summed E-state index contributed by atoms with van der Waals surface area (Å²) in [5, 5.41) is 11.8. The number of aromatic hydroxyl groups is 1. The van der Waals surface area contributed by atoms with Gasteiger partial charge in [0, 0.05) is 13.0 Å². The van der Waals surface area contributed by atoms with E-state index in [9.17, 15) is 23.1 Å². The van der Waals surface area contributed by atoms with Gasteiger partial charge in [-0.3, -0.25) is 4.79 Å². The van der Waals surface area contributed by atoms with Crippen LogP contribution in [0.1, 0.15) is 28.8 Å². The number of aryl methyl sites for hydroxylation is 1. The molecular formula is C12H14F3NO2. The Morgan fingerprint density at radius 1 is 1.39 bits per heavy atom. The third-order valence-corrected chi connectivity index (χ3v) is 2.32. The number of hydrogen-bond acceptors (Lipinski definition) is 2. The monoisotopic (exact) mass is 261 g/mol. The van der Waals surface area contributed by atoms with E-state index in [1.807, 2.05) is 0 Å². The molecule has 0 radical (unpaired) electrons. The number of phenols is 1. The fourth-order valence-corrected chi connectivity index (χ4v) is 1.42. The number of phenolic OH excluding ortho intramolecular Hbond substituents is 1. The van der Waals surface area contributed by atoms with E-state index in [1.165, 1.54) is 12.1 Å². The van der Waals surface area contributed by atoms with Crippen LogP contribution in [-0.4, -0.2) is 23.7 Å². The van der Waals surface area contributed by atoms with Crippen LogP contribution >= 0.6 is 0 Å². The van der Waals surface area contributed by atoms with E-state index >= 15 is 0 Å². The molecule has 100 valence electrons. The Morgan fingerprint density at radius 2 is 2.06 bits per heavy atom. The van der Waals surface area contributed by atoms with Gasteiger partial charge in [0.2, 0.25) is 0 Å². The molecule has 0 aliphatic heterocycles. The Bertz CT molecular complexity index is 430. The minimum Gasteiger partial charge on any atom is -0.507 e. The van der Waals surface area contributed by atoms with Gasteiger partial charge in [0.25, 0.3) is 5.91 Å². The number of halogens is 3. The standard InChI is InChI=1S/C12H14F3NO2/c1-8-3-4-9(10(17)7-8)11(18)16-6-2-5-12(13,14)15/h3-4,7,17H,2,5-6H2,1H3,(H,16,18). The zero-order chi connectivity index (χ0) is 13.8. The third-order valence-electron chi connectivity index (χ3n) is 2.32. The summed E-state index contributed by atoms with van der Waals surface area (Å²) in [6, 6.07) is 4.50. The molecule has 0 fully saturated rings. The summed E-state index contributed by atoms with van der Waals surface area (Å²) in [4.78, 5) is 11.5. The van der Waals surface area contributed by atoms with Gasteiger partial charge in [0.1, 0.15) is 5.75 Å². The van der Waals surface area contributed by atoms with E-state index in [4.69, 9.17) is 0 Å². The first-order valence-corrected chi connectivity index (χ1v) is 5.44. The van der Waals surface area contributed by atoms with Gasteiger partial charge in [0.05, 0.1) is 5.56 Å². The smallest absolute Gasteiger partial charge is 0.389 e. The number of carbonyl (C=O) groups is 1. The largest absolute Gasteiger partial charge is 0.507 e. The number of nitrogens with one attached hydrogen (secondary N) is 1. The maximum atomic E-state index is 11.9. The van der Waals surface area contributed by atoms with Crippen LogP contribution in [0.5, 0.6) is 5.75 Å². The molecule has 1 amide bonds. The molecule has 0 saturated heterocycles. The predicted molar refractivity (Wildman–Crippen MR) is 60.5 cm³/mol. The van der Waals surface area contributed by atoms with Crippen molar-refractivity contribution in [2.24, 2.45) is 0 Å². The van der Waals surface area contributed by atoms with Crippen molar-refractivity contribution in [2.45, 2.75) is 25.9 Å². The van der Waals surface area contributed by atoms with Crippen LogP contribution in [0, 0.1) is 6.92 Å². The normalized spacial score (nSPS) is 11.3. The highest BCUT2D eigenvalue weighted by molar-refractivity contribution is 5.96. The molecule has 0 aliphatic rings. The SMILES string of the molecule is Cc1ccc(C(=O)NCCCC(F)(F)F)c(O)c1. The van der Waals surface area contributed by atoms with Gasteiger partial charge in [-0.2, -0.15) is 13.2 Å². The van der Waals surface area contributed by atoms with Gasteiger partial charge < -0.3 is 10.4 Å². The fourth-order valence-electron chi connectivity index (χ4n) is 1.42. The Kier molecular flexibility index (Phi) is 4.58. The van der Waals surface area contributed by atoms with Crippen LogP contribution in [0.3, 0.4) is 0 Å². The second-order valence-corrected chi connectivity index (χ2v) is 4.00. The molecule has 1 aromatic rings. The van der Waals surface area contributed by atoms with Gasteiger partial charge in [0.15, 0.2) is 0 Å². The molecule has 0 aliphatic carbocycles. The number of amides is 1. The minimum atomic E-state index is -4.21. The van der Waals surface area contributed by atoms with Gasteiger partial charge in [-0.25, -0.2) is 0 Å². The van der Waals surface area contributed by atoms with E-state index in [-0.39, 0.29) is 24.3 Å². The Labute approximate surface area is 103 Å². The average molecular weight is 261 g/mol. The zero-order valence-corrected chi connectivity index (χ0v) is 9.84. The molecule has 1 rings (SSSR count). The molecule has 2 N–H and O–H groups in total. The summed E-state index contributed by atoms with van der Waals surface area (Å²) in [5.41, 5.74) is 0.855. The van der Waals surface area contributed by atoms with Crippen molar-refractivity contribution in [1.82, 2.24) is 5.32 Å². The highest BCUT2D eigenvalue weighted by Gasteiger charge is 2.26. The molecule has 0 atom stereocenters. The molecule has 0 aromatic heterocycles. The number of benzene rings is 1. The fraction of sp³-hybridized carbons (Fsp3) is 0.417. The molecule has 18 heavy (non-hydrogen) atoms. The van der Waals surface area contributed by atoms with Gasteiger partial charge in [-0.15, -0.1) is 0 Å². The Morgan fingerprint density at radius 3 is 2.61 bits per heavy atom. The molecular weight excluding hydrogens is 247 g/mol. The van der Waals surface area contributed by atoms with Gasteiger partial charge in [-0.05, 0) is 31.0 Å². The van der Waals surface area contributed by atoms with Crippen LogP contribution < -0.4 is 5.32 Å². The molecule has 0 unspecified atom stereocenters. The van der Waals surface area contributed by atoms with Crippen molar-refractivity contribution in [3.8, 4) is 5.75 Å². The van der Waals surface area contributed by atoms with Crippen molar-refractivity contribution >= 4 is 5.91 Å². The lowest BCUT2D eigenvalue weighted by atomic mass is 10.1. The first-order chi connectivity index (χ1) is 8.29. The number of alkyl halides is 3. The molecule has 0 saturated carbocycles. The predicted octanol–water partition coefficient (Wildman–Crippen LogP) is 2.77. The number of rotatable bonds is 4. The summed E-state index contributed by atoms with van der Waals surface area (Å²) >= 11 is 0. The molecule has 6 heteroatoms. The van der Waals surface area contributed by atoms with Crippen molar-refractivity contribution in [3.63, 3.8) is 0 Å². The van der Waals surface area contributed by atoms with E-state index in [0.29, 0.717) is 0 Å². The molecule has 1 aromatic carbocycles. The summed E-state index contributed by atoms with van der Waals surface area (Å²) in [6.45, 7) is 1.68. The lowest BCUT2D eigenvalue weighted by molar-refractivity contribution is -0.135. The van der Waals surface area contributed by atoms with E-state index in [1.54, 1.807) is 13.0 Å². The van der Waals surface area contributed by atoms with E-state index in [0.717, 1.165) is 5.56 Å². The number of carbonyl (C=O) groups excluding carboxylic acids is 1. The quantitative estimate of drug-likeness (QED) is 0.819. The topological polar surface area (TPSA) is 49.3 Å². The van der Waals surface area contributed by atoms with Crippen LogP contribution in [0.15, 0.2) is 18.2 Å². The molecule has 0 heterocycles. The van der Waals surface area contributed by atoms with E-state index < -0.39 is 18.5 Å². The van der Waals surface area contributed by atoms with Crippen LogP contribution in [0.4, 0.5) is 13.2 Å². The maximum absolute atomic E-state index is 11.9. The van der Waals surface area contributed by atoms with Crippen molar-refractivity contribution in [2.75, 3.05) is 6.54 Å². The van der Waals surface area contributed by atoms with Crippen LogP contribution in [0.2, 0.25) is 0 Å². The second kappa shape index (κ2) is 5.75. The maximum Gasteiger partial charge on any atom is 0.389 e. The first-order valence-electron chi connectivity index (χ1n) is 5.44. The lowest BCUT2D eigenvalue weighted by Gasteiger charge is -2.08. The van der Waals surface area contributed by atoms with Crippen LogP contribution in [-0.2, 0) is 0 Å². The molecule has 0 spiro atoms. The Hall–Kier alpha value is -1.72. The summed E-state index contributed by atoms with van der Waals surface area (Å²) in [7, 11) is 0. The van der Waals surface area contributed by atoms with Crippen molar-refractivity contribution in [1.29, 1.82) is 0 Å². The highest BCUT2D eigenvalue weighted by Crippen LogP contribution is 2.21. The number of hydrogen-bond donors (Lipinski definition) is 2. The zero-order valence-electron chi connectivity index (χ0n) is 9.84. The first kappa shape index (κ1) is 14.3. The molecule has 0 bridgehead atoms. The summed E-state index contributed by atoms with van der Waals surface area (Å²) in [5.74, 6) is -0.752. The van der Waals surface area contributed by atoms with E-state index in [2.05, 4.69) is 5.32 Å². The average Bonchev–Trinajstić information content (AvgIpc) is 2.22. The summed E-state index contributed by atoms with van der Waals surface area (Å²) in [6.07, 6.45) is -5.33. The van der Waals surface area contributed by atoms with Gasteiger partial charge in [-0.1, -0.05) is 6.07 Å². The molecule has 3 nitrogen and oxygen atoms in total. The second-order valence-electron chi connectivity index (χ2n) is 4.00. The van der Waals surface area contributed by atoms with Crippen molar-refractivity contribution in [3.05, 3.63) is 29.3 Å². The van der Waals surface area contributed by atoms with Crippen LogP contribution in [0.25, 0.3) is 0 Å². The van der Waals surface area contributed by atoms with Crippen molar-refractivity contribution < 1.29 is 23.1 Å². The minimum absolute atomic E-state index is 0.0626. The Balaban J connectivity index is 2.46. The lowest BCUT2D eigenvalue weighted by Crippen LogP contribution is -2.25. The third kappa shape index (κ3) is 4.65. The van der Waals surface area contributed by atoms with Gasteiger partial charge >= 0.3 is 6.18 Å². The highest BCUT2D eigenvalue weighted by atomic mass is 19.4. The summed E-state index contributed by atoms with van der Waals surface area (Å²) < 4.78 is 35.6.